The number of carbonyl (C=O) groups is 2. The van der Waals surface area contributed by atoms with E-state index in [1.165, 1.54) is 19.2 Å². The number of benzene rings is 3. The Bertz CT molecular complexity index is 1440. The van der Waals surface area contributed by atoms with Crippen LogP contribution in [0.4, 0.5) is 5.69 Å². The molecule has 1 unspecified atom stereocenters. The van der Waals surface area contributed by atoms with E-state index in [-0.39, 0.29) is 23.7 Å². The minimum atomic E-state index is -0.826. The van der Waals surface area contributed by atoms with Crippen molar-refractivity contribution in [2.75, 3.05) is 7.05 Å². The monoisotopic (exact) mass is 561 g/mol. The topological polar surface area (TPSA) is 119 Å². The maximum atomic E-state index is 13.5. The summed E-state index contributed by atoms with van der Waals surface area (Å²) < 4.78 is 2.41. The number of nitro benzene ring substituents is 1. The molecule has 188 valence electrons. The van der Waals surface area contributed by atoms with Crippen molar-refractivity contribution >= 4 is 33.4 Å². The highest BCUT2D eigenvalue weighted by atomic mass is 79.9. The van der Waals surface area contributed by atoms with E-state index in [2.05, 4.69) is 31.7 Å². The fraction of sp³-hybridized carbons (Fsp3) is 0.148. The Labute approximate surface area is 221 Å². The number of rotatable bonds is 9. The minimum Gasteiger partial charge on any atom is -0.357 e. The Morgan fingerprint density at radius 2 is 1.73 bits per heavy atom. The van der Waals surface area contributed by atoms with Crippen LogP contribution >= 0.6 is 15.9 Å². The van der Waals surface area contributed by atoms with Gasteiger partial charge in [0.1, 0.15) is 11.7 Å². The Balaban J connectivity index is 1.68. The molecular weight excluding hydrogens is 538 g/mol. The molecule has 9 nitrogen and oxygen atoms in total. The summed E-state index contributed by atoms with van der Waals surface area (Å²) in [5.74, 6) is -0.815. The van der Waals surface area contributed by atoms with Crippen LogP contribution in [0.1, 0.15) is 21.6 Å². The first-order valence-electron chi connectivity index (χ1n) is 11.5. The first kappa shape index (κ1) is 25.8. The summed E-state index contributed by atoms with van der Waals surface area (Å²) >= 11 is 3.43. The van der Waals surface area contributed by atoms with Gasteiger partial charge in [-0.3, -0.25) is 24.4 Å². The Morgan fingerprint density at radius 3 is 2.43 bits per heavy atom. The third-order valence-electron chi connectivity index (χ3n) is 5.74. The van der Waals surface area contributed by atoms with Crippen LogP contribution in [0.25, 0.3) is 11.3 Å². The van der Waals surface area contributed by atoms with E-state index < -0.39 is 16.9 Å². The highest BCUT2D eigenvalue weighted by Crippen LogP contribution is 2.24. The molecule has 1 heterocycles. The van der Waals surface area contributed by atoms with Gasteiger partial charge < -0.3 is 10.6 Å². The van der Waals surface area contributed by atoms with E-state index >= 15 is 0 Å². The fourth-order valence-electron chi connectivity index (χ4n) is 3.91. The van der Waals surface area contributed by atoms with E-state index in [0.717, 1.165) is 15.6 Å². The van der Waals surface area contributed by atoms with Gasteiger partial charge in [0.05, 0.1) is 17.2 Å². The third kappa shape index (κ3) is 6.47. The molecule has 1 aromatic heterocycles. The lowest BCUT2D eigenvalue weighted by Crippen LogP contribution is -2.47. The lowest BCUT2D eigenvalue weighted by atomic mass is 10.0. The van der Waals surface area contributed by atoms with Crippen molar-refractivity contribution in [2.24, 2.45) is 0 Å². The molecule has 10 heteroatoms. The number of amides is 2. The molecule has 2 N–H and O–H groups in total. The summed E-state index contributed by atoms with van der Waals surface area (Å²) in [5.41, 5.74) is 2.87. The van der Waals surface area contributed by atoms with E-state index in [4.69, 9.17) is 0 Å². The van der Waals surface area contributed by atoms with Gasteiger partial charge in [0, 0.05) is 35.6 Å². The van der Waals surface area contributed by atoms with Gasteiger partial charge in [-0.1, -0.05) is 70.5 Å². The number of likely N-dealkylation sites (N-methyl/N-ethyl adjacent to an activating group) is 1. The van der Waals surface area contributed by atoms with Crippen LogP contribution in [0.5, 0.6) is 0 Å². The number of nitro groups is 1. The molecule has 3 aromatic carbocycles. The standard InChI is InChI=1S/C27H24BrN5O4/c1-29-26(34)24(14-19-9-5-11-21(28)13-19)30-27(35)25-16-23(20-10-6-12-22(15-20)33(36)37)31-32(25)17-18-7-3-2-4-8-18/h2-13,15-16,24H,14,17H2,1H3,(H,29,34)(H,30,35). The number of nitrogens with one attached hydrogen (secondary N) is 2. The summed E-state index contributed by atoms with van der Waals surface area (Å²) in [7, 11) is 1.52. The van der Waals surface area contributed by atoms with Crippen LogP contribution < -0.4 is 10.6 Å². The van der Waals surface area contributed by atoms with Crippen molar-refractivity contribution in [1.29, 1.82) is 0 Å². The largest absolute Gasteiger partial charge is 0.357 e. The van der Waals surface area contributed by atoms with E-state index in [0.29, 0.717) is 17.8 Å². The van der Waals surface area contributed by atoms with Crippen molar-refractivity contribution in [3.8, 4) is 11.3 Å². The Morgan fingerprint density at radius 1 is 1.00 bits per heavy atom. The summed E-state index contributed by atoms with van der Waals surface area (Å²) in [6.07, 6.45) is 0.287. The molecule has 2 amide bonds. The number of halogens is 1. The van der Waals surface area contributed by atoms with E-state index in [9.17, 15) is 19.7 Å². The molecule has 4 aromatic rings. The second-order valence-corrected chi connectivity index (χ2v) is 9.26. The molecule has 0 spiro atoms. The number of carbonyl (C=O) groups excluding carboxylic acids is 2. The highest BCUT2D eigenvalue weighted by molar-refractivity contribution is 9.10. The average molecular weight is 562 g/mol. The maximum Gasteiger partial charge on any atom is 0.270 e. The Hall–Kier alpha value is -4.31. The van der Waals surface area contributed by atoms with Gasteiger partial charge in [-0.15, -0.1) is 0 Å². The zero-order chi connectivity index (χ0) is 26.4. The quantitative estimate of drug-likeness (QED) is 0.232. The summed E-state index contributed by atoms with van der Waals surface area (Å²) in [6.45, 7) is 0.300. The SMILES string of the molecule is CNC(=O)C(Cc1cccc(Br)c1)NC(=O)c1cc(-c2cccc([N+](=O)[O-])c2)nn1Cc1ccccc1. The minimum absolute atomic E-state index is 0.0742. The maximum absolute atomic E-state index is 13.5. The number of aromatic nitrogens is 2. The smallest absolute Gasteiger partial charge is 0.270 e. The predicted octanol–water partition coefficient (Wildman–Crippen LogP) is 4.36. The second-order valence-electron chi connectivity index (χ2n) is 8.34. The van der Waals surface area contributed by atoms with Gasteiger partial charge in [-0.25, -0.2) is 0 Å². The molecule has 0 aliphatic carbocycles. The molecule has 0 bridgehead atoms. The first-order valence-corrected chi connectivity index (χ1v) is 12.3. The molecular formula is C27H24BrN5O4. The molecule has 0 saturated carbocycles. The molecule has 0 aliphatic heterocycles. The molecule has 0 radical (unpaired) electrons. The van der Waals surface area contributed by atoms with Crippen molar-refractivity contribution in [2.45, 2.75) is 19.0 Å². The van der Waals surface area contributed by atoms with Crippen LogP contribution in [-0.2, 0) is 17.8 Å². The summed E-state index contributed by atoms with van der Waals surface area (Å²) in [6, 6.07) is 23.9. The fourth-order valence-corrected chi connectivity index (χ4v) is 4.36. The molecule has 0 saturated heterocycles. The molecule has 0 fully saturated rings. The van der Waals surface area contributed by atoms with Gasteiger partial charge in [0.15, 0.2) is 0 Å². The highest BCUT2D eigenvalue weighted by Gasteiger charge is 2.24. The average Bonchev–Trinajstić information content (AvgIpc) is 3.32. The van der Waals surface area contributed by atoms with Gasteiger partial charge in [-0.2, -0.15) is 5.10 Å². The first-order chi connectivity index (χ1) is 17.8. The third-order valence-corrected chi connectivity index (χ3v) is 6.23. The predicted molar refractivity (Wildman–Crippen MR) is 143 cm³/mol. The van der Waals surface area contributed by atoms with Crippen LogP contribution in [0.3, 0.4) is 0 Å². The number of nitrogens with zero attached hydrogens (tertiary/aromatic N) is 3. The number of hydrogen-bond acceptors (Lipinski definition) is 5. The van der Waals surface area contributed by atoms with Crippen molar-refractivity contribution in [1.82, 2.24) is 20.4 Å². The van der Waals surface area contributed by atoms with E-state index in [1.807, 2.05) is 54.6 Å². The molecule has 1 atom stereocenters. The van der Waals surface area contributed by atoms with E-state index in [1.54, 1.807) is 22.9 Å². The molecule has 0 aliphatic rings. The zero-order valence-electron chi connectivity index (χ0n) is 19.9. The van der Waals surface area contributed by atoms with Crippen LogP contribution in [0, 0.1) is 10.1 Å². The second kappa shape index (κ2) is 11.6. The van der Waals surface area contributed by atoms with Crippen LogP contribution in [-0.4, -0.2) is 39.6 Å². The lowest BCUT2D eigenvalue weighted by Gasteiger charge is -2.18. The summed E-state index contributed by atoms with van der Waals surface area (Å²) in [5, 5.41) is 21.3. The van der Waals surface area contributed by atoms with Gasteiger partial charge in [0.25, 0.3) is 11.6 Å². The summed E-state index contributed by atoms with van der Waals surface area (Å²) in [4.78, 5) is 36.9. The van der Waals surface area contributed by atoms with Crippen LogP contribution in [0.2, 0.25) is 0 Å². The van der Waals surface area contributed by atoms with Crippen molar-refractivity contribution < 1.29 is 14.5 Å². The van der Waals surface area contributed by atoms with Crippen molar-refractivity contribution in [3.05, 3.63) is 116 Å². The number of non-ortho nitro benzene ring substituents is 1. The normalized spacial score (nSPS) is 11.5. The van der Waals surface area contributed by atoms with Crippen LogP contribution in [0.15, 0.2) is 89.4 Å². The zero-order valence-corrected chi connectivity index (χ0v) is 21.5. The van der Waals surface area contributed by atoms with Gasteiger partial charge in [0.2, 0.25) is 5.91 Å². The van der Waals surface area contributed by atoms with Gasteiger partial charge in [-0.05, 0) is 29.3 Å². The molecule has 37 heavy (non-hydrogen) atoms. The van der Waals surface area contributed by atoms with Crippen molar-refractivity contribution in [3.63, 3.8) is 0 Å². The lowest BCUT2D eigenvalue weighted by molar-refractivity contribution is -0.384. The van der Waals surface area contributed by atoms with Gasteiger partial charge >= 0.3 is 0 Å². The Kier molecular flexibility index (Phi) is 8.09. The molecule has 4 rings (SSSR count). The number of hydrogen-bond donors (Lipinski definition) is 2.